The van der Waals surface area contributed by atoms with Crippen LogP contribution in [-0.2, 0) is 21.4 Å². The molecule has 7 nitrogen and oxygen atoms in total. The van der Waals surface area contributed by atoms with Gasteiger partial charge in [-0.1, -0.05) is 41.9 Å². The third-order valence-corrected chi connectivity index (χ3v) is 6.70. The summed E-state index contributed by atoms with van der Waals surface area (Å²) in [5.74, 6) is 0.541. The lowest BCUT2D eigenvalue weighted by Crippen LogP contribution is -2.29. The Morgan fingerprint density at radius 2 is 1.61 bits per heavy atom. The molecule has 10 heteroatoms. The standard InChI is InChI=1S/C28H24ClFN2O5S/c1-38(34,35)32(18-20-7-10-22(30)11-8-20)23-12-14-24(15-13-23)36-19-28(33)31-26-17-21(29)9-16-27(26)37-25-5-3-2-4-6-25/h2-17H,18-19H2,1H3,(H,31,33). The van der Waals surface area contributed by atoms with Gasteiger partial charge in [0.15, 0.2) is 12.4 Å². The van der Waals surface area contributed by atoms with E-state index in [0.717, 1.165) is 6.26 Å². The first-order chi connectivity index (χ1) is 18.2. The van der Waals surface area contributed by atoms with Gasteiger partial charge in [-0.3, -0.25) is 9.10 Å². The van der Waals surface area contributed by atoms with E-state index in [1.807, 2.05) is 18.2 Å². The topological polar surface area (TPSA) is 84.9 Å². The number of anilines is 2. The van der Waals surface area contributed by atoms with Crippen molar-refractivity contribution in [3.63, 3.8) is 0 Å². The summed E-state index contributed by atoms with van der Waals surface area (Å²) < 4.78 is 50.6. The molecular formula is C28H24ClFN2O5S. The Morgan fingerprint density at radius 3 is 2.26 bits per heavy atom. The van der Waals surface area contributed by atoms with Crippen LogP contribution in [0.5, 0.6) is 17.2 Å². The summed E-state index contributed by atoms with van der Waals surface area (Å²) in [6.45, 7) is -0.267. The smallest absolute Gasteiger partial charge is 0.262 e. The second-order valence-corrected chi connectivity index (χ2v) is 10.6. The van der Waals surface area contributed by atoms with Crippen molar-refractivity contribution in [2.24, 2.45) is 0 Å². The molecule has 0 aromatic heterocycles. The van der Waals surface area contributed by atoms with Crippen LogP contribution < -0.4 is 19.1 Å². The quantitative estimate of drug-likeness (QED) is 0.250. The Labute approximate surface area is 225 Å². The highest BCUT2D eigenvalue weighted by molar-refractivity contribution is 7.92. The molecule has 0 bridgehead atoms. The molecule has 0 aliphatic heterocycles. The zero-order chi connectivity index (χ0) is 27.1. The maximum Gasteiger partial charge on any atom is 0.262 e. The van der Waals surface area contributed by atoms with Gasteiger partial charge in [0, 0.05) is 5.02 Å². The predicted octanol–water partition coefficient (Wildman–Crippen LogP) is 6.26. The van der Waals surface area contributed by atoms with E-state index in [1.54, 1.807) is 54.6 Å². The number of para-hydroxylation sites is 1. The largest absolute Gasteiger partial charge is 0.484 e. The highest BCUT2D eigenvalue weighted by atomic mass is 35.5. The fourth-order valence-corrected chi connectivity index (χ4v) is 4.56. The monoisotopic (exact) mass is 554 g/mol. The van der Waals surface area contributed by atoms with Gasteiger partial charge in [-0.15, -0.1) is 0 Å². The van der Waals surface area contributed by atoms with Crippen LogP contribution in [0.3, 0.4) is 0 Å². The number of nitrogens with zero attached hydrogens (tertiary/aromatic N) is 1. The van der Waals surface area contributed by atoms with Gasteiger partial charge in [0.05, 0.1) is 24.2 Å². The van der Waals surface area contributed by atoms with Crippen LogP contribution in [0.15, 0.2) is 97.1 Å². The molecule has 0 saturated heterocycles. The van der Waals surface area contributed by atoms with E-state index in [4.69, 9.17) is 21.1 Å². The number of benzene rings is 4. The van der Waals surface area contributed by atoms with Gasteiger partial charge >= 0.3 is 0 Å². The highest BCUT2D eigenvalue weighted by Crippen LogP contribution is 2.32. The minimum atomic E-state index is -3.62. The minimum Gasteiger partial charge on any atom is -0.484 e. The maximum atomic E-state index is 13.2. The fourth-order valence-electron chi connectivity index (χ4n) is 3.50. The second kappa shape index (κ2) is 12.0. The van der Waals surface area contributed by atoms with Gasteiger partial charge in [-0.2, -0.15) is 0 Å². The van der Waals surface area contributed by atoms with Crippen LogP contribution >= 0.6 is 11.6 Å². The molecule has 4 aromatic carbocycles. The Hall–Kier alpha value is -4.08. The van der Waals surface area contributed by atoms with Crippen molar-refractivity contribution < 1.29 is 27.1 Å². The average molecular weight is 555 g/mol. The summed E-state index contributed by atoms with van der Waals surface area (Å²) in [4.78, 5) is 12.6. The molecule has 0 aliphatic rings. The van der Waals surface area contributed by atoms with E-state index in [9.17, 15) is 17.6 Å². The Morgan fingerprint density at radius 1 is 0.921 bits per heavy atom. The van der Waals surface area contributed by atoms with Gasteiger partial charge < -0.3 is 14.8 Å². The number of sulfonamides is 1. The number of halogens is 2. The van der Waals surface area contributed by atoms with E-state index >= 15 is 0 Å². The first kappa shape index (κ1) is 27.0. The minimum absolute atomic E-state index is 0.0365. The zero-order valence-corrected chi connectivity index (χ0v) is 21.9. The molecule has 0 fully saturated rings. The second-order valence-electron chi connectivity index (χ2n) is 8.28. The molecule has 1 amide bonds. The highest BCUT2D eigenvalue weighted by Gasteiger charge is 2.18. The molecule has 0 heterocycles. The molecule has 196 valence electrons. The third kappa shape index (κ3) is 7.47. The van der Waals surface area contributed by atoms with Crippen LogP contribution in [0, 0.1) is 5.82 Å². The molecule has 4 aromatic rings. The number of rotatable bonds is 10. The first-order valence-corrected chi connectivity index (χ1v) is 13.7. The fraction of sp³-hybridized carbons (Fsp3) is 0.107. The van der Waals surface area contributed by atoms with Crippen LogP contribution in [0.2, 0.25) is 5.02 Å². The van der Waals surface area contributed by atoms with Crippen LogP contribution in [0.4, 0.5) is 15.8 Å². The SMILES string of the molecule is CS(=O)(=O)N(Cc1ccc(F)cc1)c1ccc(OCC(=O)Nc2cc(Cl)ccc2Oc2ccccc2)cc1. The number of ether oxygens (including phenoxy) is 2. The van der Waals surface area contributed by atoms with Crippen molar-refractivity contribution in [2.45, 2.75) is 6.54 Å². The zero-order valence-electron chi connectivity index (χ0n) is 20.3. The number of carbonyl (C=O) groups is 1. The van der Waals surface area contributed by atoms with Crippen molar-refractivity contribution in [3.05, 3.63) is 113 Å². The molecule has 0 spiro atoms. The Bertz CT molecular complexity index is 1500. The van der Waals surface area contributed by atoms with E-state index in [0.29, 0.717) is 39.2 Å². The summed E-state index contributed by atoms with van der Waals surface area (Å²) in [7, 11) is -3.62. The number of hydrogen-bond acceptors (Lipinski definition) is 5. The van der Waals surface area contributed by atoms with Gasteiger partial charge in [-0.25, -0.2) is 12.8 Å². The molecule has 0 aliphatic carbocycles. The summed E-state index contributed by atoms with van der Waals surface area (Å²) in [5.41, 5.74) is 1.41. The van der Waals surface area contributed by atoms with Crippen LogP contribution in [0.1, 0.15) is 5.56 Å². The molecule has 0 radical (unpaired) electrons. The van der Waals surface area contributed by atoms with Gasteiger partial charge in [0.25, 0.3) is 5.91 Å². The lowest BCUT2D eigenvalue weighted by atomic mass is 10.2. The van der Waals surface area contributed by atoms with Crippen LogP contribution in [-0.4, -0.2) is 27.2 Å². The first-order valence-electron chi connectivity index (χ1n) is 11.4. The average Bonchev–Trinajstić information content (AvgIpc) is 2.89. The van der Waals surface area contributed by atoms with Gasteiger partial charge in [0.1, 0.15) is 17.3 Å². The molecular weight excluding hydrogens is 531 g/mol. The number of hydrogen-bond donors (Lipinski definition) is 1. The molecule has 38 heavy (non-hydrogen) atoms. The summed E-state index contributed by atoms with van der Waals surface area (Å²) in [5, 5.41) is 3.16. The van der Waals surface area contributed by atoms with Gasteiger partial charge in [0.2, 0.25) is 10.0 Å². The number of nitrogens with one attached hydrogen (secondary N) is 1. The Balaban J connectivity index is 1.39. The van der Waals surface area contributed by atoms with E-state index in [2.05, 4.69) is 5.32 Å². The maximum absolute atomic E-state index is 13.2. The van der Waals surface area contributed by atoms with Crippen molar-refractivity contribution >= 4 is 38.9 Å². The van der Waals surface area contributed by atoms with Crippen molar-refractivity contribution in [1.82, 2.24) is 0 Å². The summed E-state index contributed by atoms with van der Waals surface area (Å²) in [6, 6.07) is 25.9. The van der Waals surface area contributed by atoms with E-state index < -0.39 is 21.7 Å². The predicted molar refractivity (Wildman–Crippen MR) is 146 cm³/mol. The number of carbonyl (C=O) groups excluding carboxylic acids is 1. The van der Waals surface area contributed by atoms with Crippen molar-refractivity contribution in [3.8, 4) is 17.2 Å². The number of amides is 1. The molecule has 4 rings (SSSR count). The van der Waals surface area contributed by atoms with Crippen molar-refractivity contribution in [1.29, 1.82) is 0 Å². The van der Waals surface area contributed by atoms with Gasteiger partial charge in [-0.05, 0) is 72.3 Å². The lowest BCUT2D eigenvalue weighted by Gasteiger charge is -2.23. The summed E-state index contributed by atoms with van der Waals surface area (Å²) >= 11 is 6.10. The van der Waals surface area contributed by atoms with E-state index in [-0.39, 0.29) is 13.2 Å². The third-order valence-electron chi connectivity index (χ3n) is 5.32. The molecule has 0 saturated carbocycles. The normalized spacial score (nSPS) is 11.0. The molecule has 0 atom stereocenters. The lowest BCUT2D eigenvalue weighted by molar-refractivity contribution is -0.118. The molecule has 0 unspecified atom stereocenters. The molecule has 1 N–H and O–H groups in total. The summed E-state index contributed by atoms with van der Waals surface area (Å²) in [6.07, 6.45) is 1.09. The Kier molecular flexibility index (Phi) is 8.50. The van der Waals surface area contributed by atoms with Crippen LogP contribution in [0.25, 0.3) is 0 Å². The van der Waals surface area contributed by atoms with E-state index in [1.165, 1.54) is 28.6 Å². The van der Waals surface area contributed by atoms with Crippen molar-refractivity contribution in [2.75, 3.05) is 22.5 Å².